The average molecular weight is 461 g/mol. The van der Waals surface area contributed by atoms with Crippen molar-refractivity contribution in [2.24, 2.45) is 0 Å². The number of aliphatic hydroxyl groups excluding tert-OH is 3. The predicted molar refractivity (Wildman–Crippen MR) is 107 cm³/mol. The molecule has 12 heteroatoms. The van der Waals surface area contributed by atoms with Gasteiger partial charge in [0.15, 0.2) is 23.2 Å². The highest BCUT2D eigenvalue weighted by atomic mass is 35.5. The van der Waals surface area contributed by atoms with E-state index in [1.54, 1.807) is 12.1 Å². The van der Waals surface area contributed by atoms with E-state index in [9.17, 15) is 15.3 Å². The molecule has 1 aliphatic rings. The molecule has 0 aliphatic carbocycles. The number of fused-ring (bicyclic) bond motifs is 1. The normalized spacial score (nSPS) is 24.3. The van der Waals surface area contributed by atoms with Crippen molar-refractivity contribution >= 4 is 51.8 Å². The van der Waals surface area contributed by atoms with Gasteiger partial charge in [0.2, 0.25) is 0 Å². The molecule has 0 amide bonds. The van der Waals surface area contributed by atoms with Crippen LogP contribution in [-0.2, 0) is 11.3 Å². The summed E-state index contributed by atoms with van der Waals surface area (Å²) in [4.78, 5) is 12.7. The van der Waals surface area contributed by atoms with E-state index in [-0.39, 0.29) is 5.02 Å². The Kier molecular flexibility index (Phi) is 5.80. The third-order valence-corrected chi connectivity index (χ3v) is 6.04. The summed E-state index contributed by atoms with van der Waals surface area (Å²) >= 11 is 18.3. The van der Waals surface area contributed by atoms with Crippen molar-refractivity contribution in [2.45, 2.75) is 31.1 Å². The fourth-order valence-electron chi connectivity index (χ4n) is 3.16. The molecular formula is C17H16Cl3N5O4. The van der Waals surface area contributed by atoms with E-state index >= 15 is 0 Å². The maximum Gasteiger partial charge on any atom is 0.167 e. The molecule has 1 saturated heterocycles. The number of rotatable bonds is 5. The number of hydrogen-bond acceptors (Lipinski definition) is 8. The topological polar surface area (TPSA) is 126 Å². The Balaban J connectivity index is 1.61. The maximum absolute atomic E-state index is 10.3. The first-order valence-electron chi connectivity index (χ1n) is 8.58. The molecule has 2 aromatic heterocycles. The van der Waals surface area contributed by atoms with Gasteiger partial charge in [0, 0.05) is 6.54 Å². The molecule has 1 unspecified atom stereocenters. The molecule has 0 bridgehead atoms. The number of imidazole rings is 1. The zero-order valence-electron chi connectivity index (χ0n) is 14.7. The molecule has 4 N–H and O–H groups in total. The smallest absolute Gasteiger partial charge is 0.167 e. The Morgan fingerprint density at radius 1 is 1.07 bits per heavy atom. The second-order valence-corrected chi connectivity index (χ2v) is 7.63. The molecule has 9 nitrogen and oxygen atoms in total. The van der Waals surface area contributed by atoms with Crippen molar-refractivity contribution in [3.8, 4) is 0 Å². The van der Waals surface area contributed by atoms with Gasteiger partial charge in [0.25, 0.3) is 0 Å². The Labute approximate surface area is 179 Å². The van der Waals surface area contributed by atoms with E-state index in [1.807, 2.05) is 0 Å². The molecule has 4 atom stereocenters. The van der Waals surface area contributed by atoms with Crippen LogP contribution in [0, 0.1) is 0 Å². The van der Waals surface area contributed by atoms with E-state index in [0.29, 0.717) is 33.6 Å². The summed E-state index contributed by atoms with van der Waals surface area (Å²) in [5.41, 5.74) is 1.54. The number of aliphatic hydroxyl groups is 3. The van der Waals surface area contributed by atoms with Crippen LogP contribution >= 0.6 is 34.8 Å². The van der Waals surface area contributed by atoms with Crippen molar-refractivity contribution in [3.63, 3.8) is 0 Å². The summed E-state index contributed by atoms with van der Waals surface area (Å²) in [6.45, 7) is -0.115. The average Bonchev–Trinajstić information content (AvgIpc) is 3.27. The number of hydrogen-bond donors (Lipinski definition) is 4. The van der Waals surface area contributed by atoms with Crippen molar-refractivity contribution in [1.82, 2.24) is 19.5 Å². The first-order chi connectivity index (χ1) is 13.9. The van der Waals surface area contributed by atoms with Crippen LogP contribution in [0.15, 0.2) is 24.8 Å². The molecule has 154 valence electrons. The van der Waals surface area contributed by atoms with Crippen LogP contribution < -0.4 is 5.32 Å². The summed E-state index contributed by atoms with van der Waals surface area (Å²) in [7, 11) is 0. The van der Waals surface area contributed by atoms with Crippen LogP contribution in [0.25, 0.3) is 11.2 Å². The van der Waals surface area contributed by atoms with Gasteiger partial charge in [-0.1, -0.05) is 40.9 Å². The molecule has 1 aliphatic heterocycles. The van der Waals surface area contributed by atoms with Gasteiger partial charge in [-0.15, -0.1) is 0 Å². The molecule has 4 rings (SSSR count). The molecule has 29 heavy (non-hydrogen) atoms. The lowest BCUT2D eigenvalue weighted by Gasteiger charge is -2.16. The van der Waals surface area contributed by atoms with Gasteiger partial charge >= 0.3 is 0 Å². The van der Waals surface area contributed by atoms with E-state index in [2.05, 4.69) is 20.3 Å². The second kappa shape index (κ2) is 8.19. The minimum absolute atomic E-state index is 0.272. The SMILES string of the molecule is OC[C@H]1OC(n2cnc3c(NCc4ccc(Cl)c(Cl)c4Cl)ncnc32)[C@H](O)[C@@H]1O. The molecule has 3 heterocycles. The first-order valence-corrected chi connectivity index (χ1v) is 9.72. The summed E-state index contributed by atoms with van der Waals surface area (Å²) in [6, 6.07) is 3.40. The maximum atomic E-state index is 10.3. The van der Waals surface area contributed by atoms with Crippen LogP contribution in [0.5, 0.6) is 0 Å². The quantitative estimate of drug-likeness (QED) is 0.426. The van der Waals surface area contributed by atoms with Crippen LogP contribution in [0.2, 0.25) is 15.1 Å². The lowest BCUT2D eigenvalue weighted by molar-refractivity contribution is -0.0511. The Hall–Kier alpha value is -1.72. The van der Waals surface area contributed by atoms with Gasteiger partial charge in [-0.05, 0) is 11.6 Å². The van der Waals surface area contributed by atoms with Gasteiger partial charge in [0.1, 0.15) is 24.6 Å². The number of halogens is 3. The molecule has 0 spiro atoms. The highest BCUT2D eigenvalue weighted by Gasteiger charge is 2.44. The largest absolute Gasteiger partial charge is 0.394 e. The van der Waals surface area contributed by atoms with Crippen LogP contribution in [0.1, 0.15) is 11.8 Å². The summed E-state index contributed by atoms with van der Waals surface area (Å²) < 4.78 is 7.03. The standard InChI is InChI=1S/C17H16Cl3N5O4/c18-8-2-1-7(10(19)11(8)20)3-21-15-12-16(23-5-22-15)25(6-24-12)17-14(28)13(27)9(4-26)29-17/h1-2,5-6,9,13-14,17,26-28H,3-4H2,(H,21,22,23)/t9-,13-,14-,17?/m1/s1. The van der Waals surface area contributed by atoms with Crippen molar-refractivity contribution in [1.29, 1.82) is 0 Å². The lowest BCUT2D eigenvalue weighted by Crippen LogP contribution is -2.33. The fourth-order valence-corrected chi connectivity index (χ4v) is 3.78. The summed E-state index contributed by atoms with van der Waals surface area (Å²) in [5, 5.41) is 33.6. The first kappa shape index (κ1) is 20.5. The Morgan fingerprint density at radius 2 is 1.86 bits per heavy atom. The number of nitrogens with zero attached hydrogens (tertiary/aromatic N) is 4. The number of ether oxygens (including phenoxy) is 1. The molecule has 0 radical (unpaired) electrons. The number of benzene rings is 1. The van der Waals surface area contributed by atoms with E-state index in [1.165, 1.54) is 17.2 Å². The predicted octanol–water partition coefficient (Wildman–Crippen LogP) is 2.01. The summed E-state index contributed by atoms with van der Waals surface area (Å²) in [6.07, 6.45) is -1.55. The van der Waals surface area contributed by atoms with Gasteiger partial charge < -0.3 is 25.4 Å². The number of anilines is 1. The van der Waals surface area contributed by atoms with E-state index in [4.69, 9.17) is 39.5 Å². The minimum Gasteiger partial charge on any atom is -0.394 e. The van der Waals surface area contributed by atoms with Gasteiger partial charge in [-0.3, -0.25) is 4.57 Å². The van der Waals surface area contributed by atoms with Crippen molar-refractivity contribution in [3.05, 3.63) is 45.4 Å². The molecule has 1 fully saturated rings. The van der Waals surface area contributed by atoms with Crippen LogP contribution in [-0.4, -0.2) is 59.8 Å². The van der Waals surface area contributed by atoms with Crippen molar-refractivity contribution in [2.75, 3.05) is 11.9 Å². The molecule has 3 aromatic rings. The van der Waals surface area contributed by atoms with E-state index < -0.39 is 31.1 Å². The second-order valence-electron chi connectivity index (χ2n) is 6.46. The van der Waals surface area contributed by atoms with Gasteiger partial charge in [0.05, 0.1) is 28.0 Å². The van der Waals surface area contributed by atoms with Crippen LogP contribution in [0.4, 0.5) is 5.82 Å². The Bertz CT molecular complexity index is 1050. The fraction of sp³-hybridized carbons (Fsp3) is 0.353. The van der Waals surface area contributed by atoms with Crippen molar-refractivity contribution < 1.29 is 20.1 Å². The Morgan fingerprint density at radius 3 is 2.59 bits per heavy atom. The highest BCUT2D eigenvalue weighted by Crippen LogP contribution is 2.34. The third kappa shape index (κ3) is 3.64. The monoisotopic (exact) mass is 459 g/mol. The molecule has 1 aromatic carbocycles. The van der Waals surface area contributed by atoms with E-state index in [0.717, 1.165) is 5.56 Å². The molecule has 0 saturated carbocycles. The summed E-state index contributed by atoms with van der Waals surface area (Å²) in [5.74, 6) is 0.433. The minimum atomic E-state index is -1.24. The lowest BCUT2D eigenvalue weighted by atomic mass is 10.1. The molecular weight excluding hydrogens is 445 g/mol. The van der Waals surface area contributed by atoms with Crippen LogP contribution in [0.3, 0.4) is 0 Å². The number of aromatic nitrogens is 4. The van der Waals surface area contributed by atoms with Gasteiger partial charge in [-0.25, -0.2) is 15.0 Å². The third-order valence-electron chi connectivity index (χ3n) is 4.71. The zero-order chi connectivity index (χ0) is 20.7. The number of nitrogens with one attached hydrogen (secondary N) is 1. The van der Waals surface area contributed by atoms with Gasteiger partial charge in [-0.2, -0.15) is 0 Å². The highest BCUT2D eigenvalue weighted by molar-refractivity contribution is 6.48. The zero-order valence-corrected chi connectivity index (χ0v) is 17.0.